The van der Waals surface area contributed by atoms with E-state index in [1.807, 2.05) is 0 Å². The monoisotopic (exact) mass is 213 g/mol. The van der Waals surface area contributed by atoms with Crippen LogP contribution in [0.2, 0.25) is 0 Å². The fourth-order valence-electron chi connectivity index (χ4n) is 3.41. The van der Waals surface area contributed by atoms with E-state index >= 15 is 0 Å². The van der Waals surface area contributed by atoms with Crippen molar-refractivity contribution in [1.82, 2.24) is 0 Å². The zero-order valence-corrected chi connectivity index (χ0v) is 10.7. The van der Waals surface area contributed by atoms with Crippen molar-refractivity contribution in [2.24, 2.45) is 17.1 Å². The van der Waals surface area contributed by atoms with E-state index in [-0.39, 0.29) is 5.54 Å². The fourth-order valence-corrected chi connectivity index (χ4v) is 4.83. The molecule has 0 radical (unpaired) electrons. The molecule has 2 fully saturated rings. The summed E-state index contributed by atoms with van der Waals surface area (Å²) >= 11 is 2.14. The maximum atomic E-state index is 6.37. The van der Waals surface area contributed by atoms with Gasteiger partial charge >= 0.3 is 0 Å². The molecule has 0 aromatic rings. The fraction of sp³-hybridized carbons (Fsp3) is 1.00. The molecule has 1 heterocycles. The predicted octanol–water partition coefficient (Wildman–Crippen LogP) is 3.04. The molecule has 2 aliphatic rings. The van der Waals surface area contributed by atoms with Crippen LogP contribution in [0.1, 0.15) is 47.0 Å². The second kappa shape index (κ2) is 2.91. The molecule has 14 heavy (non-hydrogen) atoms. The lowest BCUT2D eigenvalue weighted by atomic mass is 9.69. The van der Waals surface area contributed by atoms with Crippen LogP contribution in [-0.2, 0) is 0 Å². The molecule has 2 heteroatoms. The lowest BCUT2D eigenvalue weighted by Gasteiger charge is -2.41. The van der Waals surface area contributed by atoms with Crippen LogP contribution in [-0.4, -0.2) is 16.0 Å². The summed E-state index contributed by atoms with van der Waals surface area (Å²) < 4.78 is 0.452. The molecule has 1 atom stereocenters. The Bertz CT molecular complexity index is 235. The van der Waals surface area contributed by atoms with Gasteiger partial charge in [-0.25, -0.2) is 0 Å². The van der Waals surface area contributed by atoms with Crippen LogP contribution in [0.25, 0.3) is 0 Å². The second-order valence-electron chi connectivity index (χ2n) is 6.17. The van der Waals surface area contributed by atoms with Gasteiger partial charge < -0.3 is 5.73 Å². The molecule has 0 aromatic heterocycles. The van der Waals surface area contributed by atoms with E-state index in [1.54, 1.807) is 0 Å². The lowest BCUT2D eigenvalue weighted by molar-refractivity contribution is 0.163. The first-order chi connectivity index (χ1) is 6.30. The average Bonchev–Trinajstić information content (AvgIpc) is 2.71. The number of hydrogen-bond acceptors (Lipinski definition) is 2. The van der Waals surface area contributed by atoms with Gasteiger partial charge in [0, 0.05) is 10.3 Å². The average molecular weight is 213 g/mol. The van der Waals surface area contributed by atoms with Gasteiger partial charge in [-0.3, -0.25) is 0 Å². The van der Waals surface area contributed by atoms with Crippen LogP contribution >= 0.6 is 11.8 Å². The highest BCUT2D eigenvalue weighted by molar-refractivity contribution is 8.00. The van der Waals surface area contributed by atoms with Gasteiger partial charge in [0.1, 0.15) is 0 Å². The summed E-state index contributed by atoms with van der Waals surface area (Å²) in [6.07, 6.45) is 4.08. The van der Waals surface area contributed by atoms with E-state index < -0.39 is 0 Å². The molecule has 1 aliphatic carbocycles. The maximum Gasteiger partial charge on any atom is 0.0157 e. The summed E-state index contributed by atoms with van der Waals surface area (Å²) in [5.41, 5.74) is 6.84. The third-order valence-corrected chi connectivity index (χ3v) is 5.93. The molecule has 1 unspecified atom stereocenters. The highest BCUT2D eigenvalue weighted by atomic mass is 32.2. The number of nitrogens with two attached hydrogens (primary N) is 1. The van der Waals surface area contributed by atoms with Gasteiger partial charge in [-0.2, -0.15) is 11.8 Å². The second-order valence-corrected chi connectivity index (χ2v) is 7.92. The normalized spacial score (nSPS) is 34.5. The molecule has 0 bridgehead atoms. The number of rotatable bonds is 2. The van der Waals surface area contributed by atoms with E-state index in [2.05, 4.69) is 39.5 Å². The minimum Gasteiger partial charge on any atom is -0.325 e. The van der Waals surface area contributed by atoms with Gasteiger partial charge in [0.15, 0.2) is 0 Å². The summed E-state index contributed by atoms with van der Waals surface area (Å²) in [5.74, 6) is 2.16. The summed E-state index contributed by atoms with van der Waals surface area (Å²) in [6.45, 7) is 9.25. The van der Waals surface area contributed by atoms with Crippen LogP contribution in [0.4, 0.5) is 0 Å². The molecule has 1 saturated carbocycles. The molecular formula is C12H23NS. The van der Waals surface area contributed by atoms with E-state index in [0.717, 1.165) is 5.92 Å². The largest absolute Gasteiger partial charge is 0.325 e. The zero-order chi connectivity index (χ0) is 10.6. The van der Waals surface area contributed by atoms with Gasteiger partial charge in [0.05, 0.1) is 0 Å². The van der Waals surface area contributed by atoms with Gasteiger partial charge in [0.2, 0.25) is 0 Å². The van der Waals surface area contributed by atoms with Crippen LogP contribution in [0.5, 0.6) is 0 Å². The van der Waals surface area contributed by atoms with E-state index in [9.17, 15) is 0 Å². The Morgan fingerprint density at radius 2 is 1.86 bits per heavy atom. The molecule has 82 valence electrons. The van der Waals surface area contributed by atoms with Gasteiger partial charge in [-0.15, -0.1) is 0 Å². The maximum absolute atomic E-state index is 6.37. The highest BCUT2D eigenvalue weighted by Crippen LogP contribution is 2.66. The zero-order valence-electron chi connectivity index (χ0n) is 9.89. The molecule has 0 spiro atoms. The Morgan fingerprint density at radius 1 is 1.29 bits per heavy atom. The Kier molecular flexibility index (Phi) is 2.25. The van der Waals surface area contributed by atoms with Crippen LogP contribution in [0, 0.1) is 11.3 Å². The highest BCUT2D eigenvalue weighted by Gasteiger charge is 2.61. The van der Waals surface area contributed by atoms with E-state index in [4.69, 9.17) is 5.73 Å². The summed E-state index contributed by atoms with van der Waals surface area (Å²) in [6, 6.07) is 0. The van der Waals surface area contributed by atoms with Crippen molar-refractivity contribution in [2.75, 3.05) is 5.75 Å². The van der Waals surface area contributed by atoms with Gasteiger partial charge in [0.25, 0.3) is 0 Å². The first-order valence-electron chi connectivity index (χ1n) is 5.72. The third-order valence-electron chi connectivity index (χ3n) is 4.46. The Balaban J connectivity index is 2.23. The smallest absolute Gasteiger partial charge is 0.0157 e. The van der Waals surface area contributed by atoms with Gasteiger partial charge in [-0.05, 0) is 50.2 Å². The molecule has 0 amide bonds. The Hall–Kier alpha value is 0.310. The summed E-state index contributed by atoms with van der Waals surface area (Å²) in [5, 5.41) is 0. The predicted molar refractivity (Wildman–Crippen MR) is 64.6 cm³/mol. The Morgan fingerprint density at radius 3 is 2.14 bits per heavy atom. The Labute approximate surface area is 92.2 Å². The SMILES string of the molecule is CC1(C)SCCC1C1(C(C)(C)N)CC1. The minimum atomic E-state index is 0.0137. The van der Waals surface area contributed by atoms with Crippen molar-refractivity contribution in [3.63, 3.8) is 0 Å². The van der Waals surface area contributed by atoms with Crippen molar-refractivity contribution in [1.29, 1.82) is 0 Å². The topological polar surface area (TPSA) is 26.0 Å². The van der Waals surface area contributed by atoms with Crippen molar-refractivity contribution in [2.45, 2.75) is 57.2 Å². The molecule has 1 saturated heterocycles. The molecule has 2 rings (SSSR count). The lowest BCUT2D eigenvalue weighted by Crippen LogP contribution is -2.49. The summed E-state index contributed by atoms with van der Waals surface area (Å²) in [7, 11) is 0. The molecule has 0 aromatic carbocycles. The number of thioether (sulfide) groups is 1. The van der Waals surface area contributed by atoms with E-state index in [0.29, 0.717) is 10.2 Å². The van der Waals surface area contributed by atoms with E-state index in [1.165, 1.54) is 25.0 Å². The first kappa shape index (κ1) is 10.8. The van der Waals surface area contributed by atoms with Crippen molar-refractivity contribution < 1.29 is 0 Å². The molecule has 2 N–H and O–H groups in total. The standard InChI is InChI=1S/C12H23NS/c1-10(2)9(5-8-14-10)12(6-7-12)11(3,4)13/h9H,5-8,13H2,1-4H3. The summed E-state index contributed by atoms with van der Waals surface area (Å²) in [4.78, 5) is 0. The molecule has 1 aliphatic heterocycles. The number of hydrogen-bond donors (Lipinski definition) is 1. The van der Waals surface area contributed by atoms with Crippen LogP contribution in [0.15, 0.2) is 0 Å². The molecular weight excluding hydrogens is 190 g/mol. The van der Waals surface area contributed by atoms with Crippen molar-refractivity contribution in [3.05, 3.63) is 0 Å². The minimum absolute atomic E-state index is 0.0137. The van der Waals surface area contributed by atoms with Crippen molar-refractivity contribution in [3.8, 4) is 0 Å². The van der Waals surface area contributed by atoms with Crippen LogP contribution in [0.3, 0.4) is 0 Å². The quantitative estimate of drug-likeness (QED) is 0.763. The van der Waals surface area contributed by atoms with Crippen molar-refractivity contribution >= 4 is 11.8 Å². The van der Waals surface area contributed by atoms with Gasteiger partial charge in [-0.1, -0.05) is 13.8 Å². The van der Waals surface area contributed by atoms with Crippen LogP contribution < -0.4 is 5.73 Å². The third kappa shape index (κ3) is 1.42. The molecule has 1 nitrogen and oxygen atoms in total. The first-order valence-corrected chi connectivity index (χ1v) is 6.71.